The molecule has 0 bridgehead atoms. The van der Waals surface area contributed by atoms with E-state index >= 15 is 0 Å². The minimum absolute atomic E-state index is 0.0946. The van der Waals surface area contributed by atoms with E-state index in [1.54, 1.807) is 23.1 Å². The minimum Gasteiger partial charge on any atom is -0.339 e. The lowest BCUT2D eigenvalue weighted by atomic mass is 9.85. The molecule has 2 aromatic carbocycles. The molecule has 5 rings (SSSR count). The zero-order valence-electron chi connectivity index (χ0n) is 19.9. The number of para-hydroxylation sites is 1. The van der Waals surface area contributed by atoms with Gasteiger partial charge >= 0.3 is 6.18 Å². The minimum atomic E-state index is -4.43. The monoisotopic (exact) mass is 514 g/mol. The van der Waals surface area contributed by atoms with Gasteiger partial charge < -0.3 is 14.7 Å². The van der Waals surface area contributed by atoms with Crippen molar-refractivity contribution in [3.63, 3.8) is 0 Å². The van der Waals surface area contributed by atoms with Crippen LogP contribution in [0.4, 0.5) is 18.9 Å². The molecule has 2 fully saturated rings. The molecule has 0 aliphatic carbocycles. The molecule has 2 saturated heterocycles. The van der Waals surface area contributed by atoms with E-state index in [1.807, 2.05) is 35.2 Å². The summed E-state index contributed by atoms with van der Waals surface area (Å²) in [7, 11) is 0. The van der Waals surface area contributed by atoms with Crippen LogP contribution in [0.5, 0.6) is 0 Å². The molecular weight excluding hydrogens is 489 g/mol. The Balaban J connectivity index is 1.33. The quantitative estimate of drug-likeness (QED) is 0.542. The number of benzene rings is 2. The van der Waals surface area contributed by atoms with E-state index in [4.69, 9.17) is 0 Å². The number of H-pyrrole nitrogens is 1. The van der Waals surface area contributed by atoms with Crippen LogP contribution in [0.3, 0.4) is 0 Å². The highest BCUT2D eigenvalue weighted by Gasteiger charge is 2.54. The normalized spacial score (nSPS) is 17.7. The van der Waals surface area contributed by atoms with E-state index in [9.17, 15) is 27.6 Å². The Morgan fingerprint density at radius 1 is 1.00 bits per heavy atom. The van der Waals surface area contributed by atoms with Gasteiger partial charge in [-0.25, -0.2) is 0 Å². The molecule has 2 aliphatic heterocycles. The summed E-state index contributed by atoms with van der Waals surface area (Å²) in [6.07, 6.45) is -5.65. The highest BCUT2D eigenvalue weighted by atomic mass is 19.4. The van der Waals surface area contributed by atoms with E-state index in [-0.39, 0.29) is 25.0 Å². The summed E-state index contributed by atoms with van der Waals surface area (Å²) in [6.45, 7) is 0.332. The third-order valence-corrected chi connectivity index (χ3v) is 7.08. The second-order valence-electron chi connectivity index (χ2n) is 9.41. The third kappa shape index (κ3) is 4.87. The number of Topliss-reactive ketones (excluding diaryl/α,β-unsaturated/α-hetero) is 1. The van der Waals surface area contributed by atoms with E-state index in [1.165, 1.54) is 4.90 Å². The molecule has 3 heterocycles. The lowest BCUT2D eigenvalue weighted by molar-refractivity contribution is -0.145. The highest BCUT2D eigenvalue weighted by Crippen LogP contribution is 2.40. The molecule has 1 aromatic heterocycles. The van der Waals surface area contributed by atoms with Crippen molar-refractivity contribution in [3.8, 4) is 0 Å². The third-order valence-electron chi connectivity index (χ3n) is 7.08. The first-order valence-electron chi connectivity index (χ1n) is 12.0. The van der Waals surface area contributed by atoms with E-state index in [2.05, 4.69) is 15.4 Å². The Bertz CT molecular complexity index is 1320. The van der Waals surface area contributed by atoms with Crippen LogP contribution in [0.2, 0.25) is 0 Å². The average Bonchev–Trinajstić information content (AvgIpc) is 3.46. The van der Waals surface area contributed by atoms with Gasteiger partial charge in [-0.05, 0) is 43.2 Å². The molecule has 1 spiro atoms. The summed E-state index contributed by atoms with van der Waals surface area (Å²) in [6, 6.07) is 14.3. The van der Waals surface area contributed by atoms with Gasteiger partial charge in [-0.2, -0.15) is 28.6 Å². The molecule has 2 amide bonds. The number of nitrogens with one attached hydrogen (secondary N) is 1. The fourth-order valence-electron chi connectivity index (χ4n) is 5.13. The second-order valence-corrected chi connectivity index (χ2v) is 9.41. The number of likely N-dealkylation sites (tertiary alicyclic amines) is 1. The molecule has 9 nitrogen and oxygen atoms in total. The molecule has 12 heteroatoms. The van der Waals surface area contributed by atoms with Crippen LogP contribution in [-0.2, 0) is 9.59 Å². The lowest BCUT2D eigenvalue weighted by Gasteiger charge is -2.43. The van der Waals surface area contributed by atoms with Crippen LogP contribution in [-0.4, -0.2) is 80.8 Å². The Kier molecular flexibility index (Phi) is 6.34. The number of aromatic amines is 1. The Morgan fingerprint density at radius 3 is 2.41 bits per heavy atom. The van der Waals surface area contributed by atoms with Crippen molar-refractivity contribution in [2.24, 2.45) is 0 Å². The van der Waals surface area contributed by atoms with Crippen molar-refractivity contribution in [1.29, 1.82) is 0 Å². The maximum absolute atomic E-state index is 13.7. The van der Waals surface area contributed by atoms with Gasteiger partial charge in [0, 0.05) is 30.8 Å². The number of carbonyl (C=O) groups is 3. The number of rotatable bonds is 6. The second kappa shape index (κ2) is 9.49. The van der Waals surface area contributed by atoms with Crippen LogP contribution in [0.15, 0.2) is 48.5 Å². The number of amides is 2. The number of anilines is 1. The molecule has 0 saturated carbocycles. The fraction of sp³-hybridized carbons (Fsp3) is 0.400. The van der Waals surface area contributed by atoms with Crippen LogP contribution < -0.4 is 4.90 Å². The van der Waals surface area contributed by atoms with Gasteiger partial charge in [-0.15, -0.1) is 0 Å². The highest BCUT2D eigenvalue weighted by molar-refractivity contribution is 5.99. The van der Waals surface area contributed by atoms with Crippen LogP contribution in [0.25, 0.3) is 11.0 Å². The molecule has 1 N–H and O–H groups in total. The maximum Gasteiger partial charge on any atom is 0.389 e. The molecular formula is C25H25F3N6O3. The van der Waals surface area contributed by atoms with Crippen molar-refractivity contribution in [2.75, 3.05) is 31.2 Å². The first-order valence-corrected chi connectivity index (χ1v) is 12.0. The van der Waals surface area contributed by atoms with Crippen molar-refractivity contribution >= 4 is 34.3 Å². The number of hydrogen-bond donors (Lipinski definition) is 1. The molecule has 0 unspecified atom stereocenters. The van der Waals surface area contributed by atoms with Gasteiger partial charge in [-0.1, -0.05) is 18.2 Å². The number of carbonyl (C=O) groups excluding carboxylic acids is 3. The summed E-state index contributed by atoms with van der Waals surface area (Å²) in [5, 5.41) is 10.5. The predicted molar refractivity (Wildman–Crippen MR) is 128 cm³/mol. The maximum atomic E-state index is 13.7. The smallest absolute Gasteiger partial charge is 0.339 e. The van der Waals surface area contributed by atoms with E-state index in [0.717, 1.165) is 5.69 Å². The SMILES string of the molecule is O=C(CCC(F)(F)F)CN1CN(c2ccccc2)C2(CCN(C(=O)c3ccc4n[nH]nc4c3)CC2)C1=O. The van der Waals surface area contributed by atoms with Gasteiger partial charge in [-0.3, -0.25) is 14.4 Å². The van der Waals surface area contributed by atoms with Crippen molar-refractivity contribution in [2.45, 2.75) is 37.4 Å². The lowest BCUT2D eigenvalue weighted by Crippen LogP contribution is -2.57. The molecule has 0 atom stereocenters. The van der Waals surface area contributed by atoms with Crippen molar-refractivity contribution < 1.29 is 27.6 Å². The number of ketones is 1. The Hall–Kier alpha value is -3.96. The molecule has 2 aliphatic rings. The van der Waals surface area contributed by atoms with E-state index in [0.29, 0.717) is 42.5 Å². The number of alkyl halides is 3. The average molecular weight is 515 g/mol. The molecule has 3 aromatic rings. The topological polar surface area (TPSA) is 102 Å². The largest absolute Gasteiger partial charge is 0.389 e. The van der Waals surface area contributed by atoms with Gasteiger partial charge in [0.15, 0.2) is 5.78 Å². The van der Waals surface area contributed by atoms with Crippen LogP contribution >= 0.6 is 0 Å². The number of aromatic nitrogens is 3. The molecule has 194 valence electrons. The van der Waals surface area contributed by atoms with Gasteiger partial charge in [0.05, 0.1) is 19.6 Å². The first kappa shape index (κ1) is 24.7. The van der Waals surface area contributed by atoms with Gasteiger partial charge in [0.1, 0.15) is 16.6 Å². The summed E-state index contributed by atoms with van der Waals surface area (Å²) < 4.78 is 37.7. The Labute approximate surface area is 210 Å². The number of hydrogen-bond acceptors (Lipinski definition) is 6. The molecule has 0 radical (unpaired) electrons. The first-order chi connectivity index (χ1) is 17.7. The standard InChI is InChI=1S/C25H25F3N6O3/c26-25(27,28)9-8-19(35)15-33-16-34(18-4-2-1-3-5-18)24(23(33)37)10-12-32(13-11-24)22(36)17-6-7-20-21(14-17)30-31-29-20/h1-7,14H,8-13,15-16H2,(H,29,30,31). The summed E-state index contributed by atoms with van der Waals surface area (Å²) in [5.41, 5.74) is 1.48. The van der Waals surface area contributed by atoms with Gasteiger partial charge in [0.2, 0.25) is 5.91 Å². The van der Waals surface area contributed by atoms with Crippen LogP contribution in [0.1, 0.15) is 36.0 Å². The summed E-state index contributed by atoms with van der Waals surface area (Å²) in [4.78, 5) is 44.1. The number of piperidine rings is 1. The summed E-state index contributed by atoms with van der Waals surface area (Å²) >= 11 is 0. The van der Waals surface area contributed by atoms with Crippen molar-refractivity contribution in [1.82, 2.24) is 25.2 Å². The zero-order chi connectivity index (χ0) is 26.2. The predicted octanol–water partition coefficient (Wildman–Crippen LogP) is 3.15. The zero-order valence-corrected chi connectivity index (χ0v) is 19.9. The van der Waals surface area contributed by atoms with Gasteiger partial charge in [0.25, 0.3) is 5.91 Å². The van der Waals surface area contributed by atoms with Crippen LogP contribution in [0, 0.1) is 0 Å². The number of halogens is 3. The van der Waals surface area contributed by atoms with E-state index < -0.39 is 30.3 Å². The summed E-state index contributed by atoms with van der Waals surface area (Å²) in [5.74, 6) is -1.12. The van der Waals surface area contributed by atoms with Crippen molar-refractivity contribution in [3.05, 3.63) is 54.1 Å². The fourth-order valence-corrected chi connectivity index (χ4v) is 5.13. The molecule has 37 heavy (non-hydrogen) atoms. The number of fused-ring (bicyclic) bond motifs is 1. The Morgan fingerprint density at radius 2 is 1.70 bits per heavy atom. The number of nitrogens with zero attached hydrogens (tertiary/aromatic N) is 5.